The van der Waals surface area contributed by atoms with Gasteiger partial charge in [0.25, 0.3) is 0 Å². The van der Waals surface area contributed by atoms with E-state index in [1.165, 1.54) is 226 Å². The maximum atomic E-state index is 2.37. The van der Waals surface area contributed by atoms with Gasteiger partial charge in [-0.3, -0.25) is 0 Å². The lowest BCUT2D eigenvalue weighted by atomic mass is 9.84. The van der Waals surface area contributed by atoms with Crippen molar-refractivity contribution in [2.75, 3.05) is 0 Å². The second kappa shape index (κ2) is 38.6. The fourth-order valence-electron chi connectivity index (χ4n) is 20.0. The van der Waals surface area contributed by atoms with Crippen molar-refractivity contribution in [3.8, 4) is 66.8 Å². The average molecular weight is 1890 g/mol. The molecule has 6 heterocycles. The van der Waals surface area contributed by atoms with Crippen molar-refractivity contribution < 1.29 is 0 Å². The topological polar surface area (TPSA) is 14.8 Å². The molecule has 0 amide bonds. The molecule has 0 spiro atoms. The maximum Gasteiger partial charge on any atom is 0.0526 e. The summed E-state index contributed by atoms with van der Waals surface area (Å²) in [4.78, 5) is 0. The largest absolute Gasteiger partial charge is 0.344 e. The van der Waals surface area contributed by atoms with Crippen molar-refractivity contribution in [3.63, 3.8) is 0 Å². The van der Waals surface area contributed by atoms with Gasteiger partial charge in [0, 0.05) is 142 Å². The minimum absolute atomic E-state index is 0.129. The number of aryl methyl sites for hydroxylation is 3. The van der Waals surface area contributed by atoms with E-state index in [1.54, 1.807) is 0 Å². The predicted molar refractivity (Wildman–Crippen MR) is 624 cm³/mol. The molecule has 0 radical (unpaired) electrons. The van der Waals surface area contributed by atoms with Crippen molar-refractivity contribution in [1.29, 1.82) is 0 Å². The zero-order chi connectivity index (χ0) is 98.8. The lowest BCUT2D eigenvalue weighted by Gasteiger charge is -2.21. The number of aromatic nitrogens is 3. The van der Waals surface area contributed by atoms with Crippen LogP contribution in [0.5, 0.6) is 0 Å². The van der Waals surface area contributed by atoms with E-state index in [1.807, 2.05) is 34.0 Å². The highest BCUT2D eigenvalue weighted by Crippen LogP contribution is 2.47. The number of benzene rings is 18. The molecule has 0 fully saturated rings. The van der Waals surface area contributed by atoms with E-state index < -0.39 is 0 Å². The van der Waals surface area contributed by atoms with Gasteiger partial charge in [0.1, 0.15) is 0 Å². The van der Waals surface area contributed by atoms with Crippen LogP contribution in [0.25, 0.3) is 193 Å². The number of fused-ring (bicyclic) bond motifs is 18. The quantitative estimate of drug-likeness (QED) is 0.158. The summed E-state index contributed by atoms with van der Waals surface area (Å²) in [7, 11) is 6.51. The second-order valence-corrected chi connectivity index (χ2v) is 47.5. The summed E-state index contributed by atoms with van der Waals surface area (Å²) in [6, 6.07) is 146. The molecule has 24 aromatic rings. The number of thiophene rings is 3. The van der Waals surface area contributed by atoms with Crippen LogP contribution < -0.4 is 0 Å². The highest BCUT2D eigenvalue weighted by Gasteiger charge is 2.26. The highest BCUT2D eigenvalue weighted by molar-refractivity contribution is 7.26. The van der Waals surface area contributed by atoms with Gasteiger partial charge in [0.05, 0.1) is 5.52 Å². The van der Waals surface area contributed by atoms with E-state index in [4.69, 9.17) is 0 Å². The molecule has 0 saturated carbocycles. The third-order valence-corrected chi connectivity index (χ3v) is 31.6. The summed E-state index contributed by atoms with van der Waals surface area (Å²) >= 11 is 5.69. The van der Waals surface area contributed by atoms with Gasteiger partial charge < -0.3 is 13.7 Å². The van der Waals surface area contributed by atoms with Gasteiger partial charge in [0.2, 0.25) is 0 Å². The molecule has 3 nitrogen and oxygen atoms in total. The Hall–Kier alpha value is -14.0. The average Bonchev–Trinajstić information content (AvgIpc) is 1.59. The lowest BCUT2D eigenvalue weighted by Crippen LogP contribution is -2.12. The first-order chi connectivity index (χ1) is 67.4. The molecule has 702 valence electrons. The van der Waals surface area contributed by atoms with E-state index in [9.17, 15) is 0 Å². The number of hydrogen-bond donors (Lipinski definition) is 0. The van der Waals surface area contributed by atoms with Gasteiger partial charge in [-0.25, -0.2) is 0 Å². The first kappa shape index (κ1) is 95.9. The fraction of sp³-hybridized carbons (Fsp3) is 0.200. The van der Waals surface area contributed by atoms with Gasteiger partial charge >= 0.3 is 0 Å². The van der Waals surface area contributed by atoms with E-state index in [0.29, 0.717) is 0 Å². The van der Waals surface area contributed by atoms with E-state index in [2.05, 4.69) is 560 Å². The molecule has 6 heteroatoms. The van der Waals surface area contributed by atoms with Crippen LogP contribution in [0.3, 0.4) is 0 Å². The Morgan fingerprint density at radius 1 is 0.156 bits per heavy atom. The SMILES string of the molecule is CC(C)(C)c1ccc2c(c1)sc1cc(-c3ccccc3)ccc12.CC(C)(C)c1ccc2sc3cc(-c4ccccc4)ccc3c2c1.CC(C)(C)c1cccc2sc3cc(-c4ccccc4)ccc3c12.Cn1c2cc(-c3ccccc3)ccc2c2ccc(C(C)(C)C)cc21.Cn1c2ccc(-c3ccccc3)cc2c2cc(C(C)(C)C)ccc21.Cn1c2ccc(-c3ccccc3)cc2c2cccc(C(C)(C)C)c21. The number of nitrogens with zero attached hydrogens (tertiary/aromatic N) is 3. The zero-order valence-electron chi connectivity index (χ0n) is 85.7. The Bertz CT molecular complexity index is 8590. The number of rotatable bonds is 6. The summed E-state index contributed by atoms with van der Waals surface area (Å²) in [6.45, 7) is 41.0. The molecule has 0 bridgehead atoms. The zero-order valence-corrected chi connectivity index (χ0v) is 88.1. The summed E-state index contributed by atoms with van der Waals surface area (Å²) in [5.41, 5.74) is 32.6. The fourth-order valence-corrected chi connectivity index (χ4v) is 23.5. The van der Waals surface area contributed by atoms with Crippen LogP contribution in [0.2, 0.25) is 0 Å². The van der Waals surface area contributed by atoms with Crippen LogP contribution in [0.4, 0.5) is 0 Å². The van der Waals surface area contributed by atoms with Gasteiger partial charge in [-0.15, -0.1) is 34.0 Å². The third kappa shape index (κ3) is 19.9. The molecular formula is C135H129N3S3. The normalized spacial score (nSPS) is 12.1. The molecule has 0 atom stereocenters. The van der Waals surface area contributed by atoms with Crippen LogP contribution in [0, 0.1) is 0 Å². The smallest absolute Gasteiger partial charge is 0.0526 e. The summed E-state index contributed by atoms with van der Waals surface area (Å²) in [5, 5.41) is 16.3. The van der Waals surface area contributed by atoms with Gasteiger partial charge in [0.15, 0.2) is 0 Å². The van der Waals surface area contributed by atoms with Gasteiger partial charge in [-0.05, 0) is 224 Å². The van der Waals surface area contributed by atoms with E-state index in [0.717, 1.165) is 0 Å². The third-order valence-electron chi connectivity index (χ3n) is 28.2. The minimum atomic E-state index is 0.129. The van der Waals surface area contributed by atoms with Crippen molar-refractivity contribution in [2.45, 2.75) is 157 Å². The molecule has 0 saturated heterocycles. The first-order valence-electron chi connectivity index (χ1n) is 49.7. The molecule has 24 rings (SSSR count). The summed E-state index contributed by atoms with van der Waals surface area (Å²) in [5.74, 6) is 0. The monoisotopic (exact) mass is 1890 g/mol. The number of para-hydroxylation sites is 1. The van der Waals surface area contributed by atoms with Crippen LogP contribution in [0.1, 0.15) is 158 Å². The van der Waals surface area contributed by atoms with E-state index >= 15 is 0 Å². The van der Waals surface area contributed by atoms with Crippen LogP contribution in [0.15, 0.2) is 400 Å². The Balaban J connectivity index is 0.000000108. The van der Waals surface area contributed by atoms with Crippen molar-refractivity contribution in [1.82, 2.24) is 13.7 Å². The Morgan fingerprint density at radius 2 is 0.447 bits per heavy atom. The van der Waals surface area contributed by atoms with Crippen LogP contribution in [-0.4, -0.2) is 13.7 Å². The molecular weight excluding hydrogens is 1760 g/mol. The molecule has 141 heavy (non-hydrogen) atoms. The Labute approximate surface area is 845 Å². The number of hydrogen-bond acceptors (Lipinski definition) is 3. The molecule has 0 unspecified atom stereocenters. The maximum absolute atomic E-state index is 2.37. The van der Waals surface area contributed by atoms with Crippen molar-refractivity contribution >= 4 is 160 Å². The molecule has 0 aliphatic carbocycles. The Kier molecular flexibility index (Phi) is 26.2. The summed E-state index contributed by atoms with van der Waals surface area (Å²) in [6.07, 6.45) is 0. The van der Waals surface area contributed by atoms with Gasteiger partial charge in [-0.2, -0.15) is 0 Å². The lowest BCUT2D eigenvalue weighted by molar-refractivity contribution is 0.590. The van der Waals surface area contributed by atoms with Gasteiger partial charge in [-0.1, -0.05) is 434 Å². The van der Waals surface area contributed by atoms with E-state index in [-0.39, 0.29) is 32.5 Å². The molecule has 0 aliphatic rings. The minimum Gasteiger partial charge on any atom is -0.344 e. The predicted octanol–water partition coefficient (Wildman–Crippen LogP) is 39.9. The van der Waals surface area contributed by atoms with Crippen LogP contribution in [-0.2, 0) is 53.6 Å². The first-order valence-corrected chi connectivity index (χ1v) is 52.2. The molecule has 18 aromatic carbocycles. The molecule has 0 N–H and O–H groups in total. The molecule has 0 aliphatic heterocycles. The van der Waals surface area contributed by atoms with Crippen molar-refractivity contribution in [2.24, 2.45) is 21.1 Å². The summed E-state index contributed by atoms with van der Waals surface area (Å²) < 4.78 is 15.2. The Morgan fingerprint density at radius 3 is 0.901 bits per heavy atom. The van der Waals surface area contributed by atoms with Crippen molar-refractivity contribution in [3.05, 3.63) is 434 Å². The second-order valence-electron chi connectivity index (χ2n) is 44.3. The molecule has 6 aromatic heterocycles. The highest BCUT2D eigenvalue weighted by atomic mass is 32.1. The standard InChI is InChI=1S/3C23H23N.3C22H20S/c1-23(2,3)20-12-8-11-18-19-15-17(16-9-6-5-7-10-16)13-14-21(19)24(4)22(18)20;1-23(2,3)18-11-13-22-20(15-18)19-14-17(10-12-21(19)24(22)4)16-8-6-5-7-9-16;1-23(2,3)18-11-13-20-19-12-10-17(16-8-6-5-7-9-16)14-21(19)24(4)22(20)15-18;1-22(2,3)18-10-7-11-19-21(18)17-13-12-16(14-20(17)23-19)15-8-5-4-6-9-15;1-22(2,3)17-10-12-20-19(14-17)18-11-9-16(13-21(18)23-20)15-7-5-4-6-8-15;1-22(2,3)17-10-12-19-18-11-9-16(15-7-5-4-6-8-15)13-20(18)23-21(19)14-17/h3*5-15H,1-4H3;3*4-14H,1-3H3. The van der Waals surface area contributed by atoms with Crippen LogP contribution >= 0.6 is 34.0 Å².